The minimum absolute atomic E-state index is 0.252. The number of methoxy groups -OCH3 is 1. The van der Waals surface area contributed by atoms with Crippen molar-refractivity contribution in [2.24, 2.45) is 5.92 Å². The van der Waals surface area contributed by atoms with Gasteiger partial charge in [0.2, 0.25) is 0 Å². The summed E-state index contributed by atoms with van der Waals surface area (Å²) in [6.07, 6.45) is -0.252. The second kappa shape index (κ2) is 7.62. The first kappa shape index (κ1) is 13.2. The Morgan fingerprint density at radius 3 is 2.50 bits per heavy atom. The van der Waals surface area contributed by atoms with E-state index in [4.69, 9.17) is 9.47 Å². The lowest BCUT2D eigenvalue weighted by atomic mass is 10.2. The van der Waals surface area contributed by atoms with Crippen LogP contribution in [0.4, 0.5) is 4.79 Å². The largest absolute Gasteiger partial charge is 0.449 e. The third kappa shape index (κ3) is 5.80. The summed E-state index contributed by atoms with van der Waals surface area (Å²) in [5, 5.41) is 0. The first-order valence-corrected chi connectivity index (χ1v) is 5.02. The first-order valence-electron chi connectivity index (χ1n) is 5.02. The SMILES string of the molecule is CCN(CCOC)C(=O)OCC(C)C. The second-order valence-electron chi connectivity index (χ2n) is 3.54. The molecule has 0 bridgehead atoms. The molecule has 0 fully saturated rings. The molecule has 0 heterocycles. The number of amides is 1. The average molecular weight is 203 g/mol. The Morgan fingerprint density at radius 1 is 1.43 bits per heavy atom. The monoisotopic (exact) mass is 203 g/mol. The van der Waals surface area contributed by atoms with Crippen molar-refractivity contribution in [2.75, 3.05) is 33.4 Å². The van der Waals surface area contributed by atoms with Crippen LogP contribution in [0.5, 0.6) is 0 Å². The predicted molar refractivity (Wildman–Crippen MR) is 55.3 cm³/mol. The highest BCUT2D eigenvalue weighted by atomic mass is 16.6. The van der Waals surface area contributed by atoms with Crippen LogP contribution < -0.4 is 0 Å². The molecule has 4 heteroatoms. The van der Waals surface area contributed by atoms with E-state index in [-0.39, 0.29) is 6.09 Å². The molecule has 0 rings (SSSR count). The second-order valence-corrected chi connectivity index (χ2v) is 3.54. The van der Waals surface area contributed by atoms with Crippen molar-refractivity contribution in [1.29, 1.82) is 0 Å². The van der Waals surface area contributed by atoms with E-state index in [9.17, 15) is 4.79 Å². The van der Waals surface area contributed by atoms with Crippen molar-refractivity contribution in [3.8, 4) is 0 Å². The zero-order valence-corrected chi connectivity index (χ0v) is 9.58. The number of ether oxygens (including phenoxy) is 2. The standard InChI is InChI=1S/C10H21NO3/c1-5-11(6-7-13-4)10(12)14-8-9(2)3/h9H,5-8H2,1-4H3. The van der Waals surface area contributed by atoms with E-state index in [1.807, 2.05) is 20.8 Å². The molecule has 0 N–H and O–H groups in total. The fourth-order valence-corrected chi connectivity index (χ4v) is 0.909. The summed E-state index contributed by atoms with van der Waals surface area (Å²) in [5.41, 5.74) is 0. The Labute approximate surface area is 86.2 Å². The van der Waals surface area contributed by atoms with Crippen molar-refractivity contribution in [1.82, 2.24) is 4.90 Å². The molecule has 84 valence electrons. The molecule has 0 saturated heterocycles. The highest BCUT2D eigenvalue weighted by Crippen LogP contribution is 1.98. The van der Waals surface area contributed by atoms with Crippen molar-refractivity contribution < 1.29 is 14.3 Å². The topological polar surface area (TPSA) is 38.8 Å². The van der Waals surface area contributed by atoms with Gasteiger partial charge in [0, 0.05) is 20.2 Å². The fourth-order valence-electron chi connectivity index (χ4n) is 0.909. The zero-order chi connectivity index (χ0) is 11.0. The summed E-state index contributed by atoms with van der Waals surface area (Å²) in [7, 11) is 1.62. The Kier molecular flexibility index (Phi) is 7.20. The van der Waals surface area contributed by atoms with Gasteiger partial charge in [-0.1, -0.05) is 13.8 Å². The van der Waals surface area contributed by atoms with E-state index in [1.165, 1.54) is 0 Å². The summed E-state index contributed by atoms with van der Waals surface area (Å²) in [5.74, 6) is 0.375. The quantitative estimate of drug-likeness (QED) is 0.660. The van der Waals surface area contributed by atoms with Gasteiger partial charge in [-0.05, 0) is 12.8 Å². The normalized spacial score (nSPS) is 10.4. The predicted octanol–water partition coefficient (Wildman–Crippen LogP) is 1.75. The van der Waals surface area contributed by atoms with Crippen LogP contribution in [0.15, 0.2) is 0 Å². The van der Waals surface area contributed by atoms with Gasteiger partial charge in [0.25, 0.3) is 0 Å². The molecular formula is C10H21NO3. The van der Waals surface area contributed by atoms with Gasteiger partial charge in [-0.25, -0.2) is 4.79 Å². The summed E-state index contributed by atoms with van der Waals surface area (Å²) in [4.78, 5) is 13.1. The fraction of sp³-hybridized carbons (Fsp3) is 0.900. The summed E-state index contributed by atoms with van der Waals surface area (Å²) in [6, 6.07) is 0. The Balaban J connectivity index is 3.79. The zero-order valence-electron chi connectivity index (χ0n) is 9.58. The van der Waals surface area contributed by atoms with Gasteiger partial charge in [-0.15, -0.1) is 0 Å². The molecule has 0 aromatic carbocycles. The van der Waals surface area contributed by atoms with Gasteiger partial charge in [0.05, 0.1) is 13.2 Å². The highest BCUT2D eigenvalue weighted by Gasteiger charge is 2.12. The third-order valence-corrected chi connectivity index (χ3v) is 1.75. The van der Waals surface area contributed by atoms with Gasteiger partial charge in [-0.3, -0.25) is 0 Å². The van der Waals surface area contributed by atoms with E-state index < -0.39 is 0 Å². The number of rotatable bonds is 6. The summed E-state index contributed by atoms with van der Waals surface area (Å²) >= 11 is 0. The molecule has 0 saturated carbocycles. The number of carbonyl (C=O) groups is 1. The van der Waals surface area contributed by atoms with Crippen molar-refractivity contribution in [3.63, 3.8) is 0 Å². The van der Waals surface area contributed by atoms with E-state index in [1.54, 1.807) is 12.0 Å². The first-order chi connectivity index (χ1) is 6.61. The van der Waals surface area contributed by atoms with Gasteiger partial charge in [-0.2, -0.15) is 0 Å². The summed E-state index contributed by atoms with van der Waals surface area (Å²) < 4.78 is 9.99. The molecular weight excluding hydrogens is 182 g/mol. The molecule has 0 aliphatic heterocycles. The maximum absolute atomic E-state index is 11.4. The lowest BCUT2D eigenvalue weighted by Gasteiger charge is -2.20. The number of carbonyl (C=O) groups excluding carboxylic acids is 1. The van der Waals surface area contributed by atoms with Crippen LogP contribution in [-0.4, -0.2) is 44.4 Å². The number of likely N-dealkylation sites (N-methyl/N-ethyl adjacent to an activating group) is 1. The maximum Gasteiger partial charge on any atom is 0.409 e. The van der Waals surface area contributed by atoms with Gasteiger partial charge < -0.3 is 14.4 Å². The van der Waals surface area contributed by atoms with Gasteiger partial charge >= 0.3 is 6.09 Å². The van der Waals surface area contributed by atoms with Gasteiger partial charge in [0.15, 0.2) is 0 Å². The molecule has 0 aromatic rings. The van der Waals surface area contributed by atoms with E-state index >= 15 is 0 Å². The number of hydrogen-bond acceptors (Lipinski definition) is 3. The molecule has 0 aromatic heterocycles. The summed E-state index contributed by atoms with van der Waals surface area (Å²) in [6.45, 7) is 8.21. The molecule has 14 heavy (non-hydrogen) atoms. The van der Waals surface area contributed by atoms with Crippen molar-refractivity contribution >= 4 is 6.09 Å². The van der Waals surface area contributed by atoms with Gasteiger partial charge in [0.1, 0.15) is 0 Å². The molecule has 4 nitrogen and oxygen atoms in total. The molecule has 0 spiro atoms. The van der Waals surface area contributed by atoms with Crippen LogP contribution in [0, 0.1) is 5.92 Å². The number of hydrogen-bond donors (Lipinski definition) is 0. The lowest BCUT2D eigenvalue weighted by Crippen LogP contribution is -2.34. The van der Waals surface area contributed by atoms with Crippen LogP contribution >= 0.6 is 0 Å². The Bertz CT molecular complexity index is 159. The van der Waals surface area contributed by atoms with Crippen LogP contribution in [0.1, 0.15) is 20.8 Å². The Hall–Kier alpha value is -0.770. The molecule has 0 aliphatic carbocycles. The third-order valence-electron chi connectivity index (χ3n) is 1.75. The minimum Gasteiger partial charge on any atom is -0.449 e. The smallest absolute Gasteiger partial charge is 0.409 e. The highest BCUT2D eigenvalue weighted by molar-refractivity contribution is 5.67. The lowest BCUT2D eigenvalue weighted by molar-refractivity contribution is 0.0813. The Morgan fingerprint density at radius 2 is 2.07 bits per heavy atom. The molecule has 0 radical (unpaired) electrons. The van der Waals surface area contributed by atoms with Crippen LogP contribution in [-0.2, 0) is 9.47 Å². The molecule has 0 aliphatic rings. The van der Waals surface area contributed by atoms with E-state index in [0.29, 0.717) is 32.2 Å². The molecule has 1 amide bonds. The minimum atomic E-state index is -0.252. The maximum atomic E-state index is 11.4. The van der Waals surface area contributed by atoms with Crippen LogP contribution in [0.3, 0.4) is 0 Å². The van der Waals surface area contributed by atoms with Crippen LogP contribution in [0.2, 0.25) is 0 Å². The van der Waals surface area contributed by atoms with E-state index in [0.717, 1.165) is 0 Å². The molecule has 0 unspecified atom stereocenters. The van der Waals surface area contributed by atoms with Crippen molar-refractivity contribution in [3.05, 3.63) is 0 Å². The number of nitrogens with zero attached hydrogens (tertiary/aromatic N) is 1. The van der Waals surface area contributed by atoms with E-state index in [2.05, 4.69) is 0 Å². The van der Waals surface area contributed by atoms with Crippen molar-refractivity contribution in [2.45, 2.75) is 20.8 Å². The van der Waals surface area contributed by atoms with Crippen LogP contribution in [0.25, 0.3) is 0 Å². The molecule has 0 atom stereocenters. The average Bonchev–Trinajstić information content (AvgIpc) is 2.16.